The minimum absolute atomic E-state index is 0. The average Bonchev–Trinajstić information content (AvgIpc) is 3.07. The van der Waals surface area contributed by atoms with E-state index in [4.69, 9.17) is 4.99 Å². The molecule has 0 saturated heterocycles. The first-order chi connectivity index (χ1) is 12.3. The summed E-state index contributed by atoms with van der Waals surface area (Å²) in [5, 5.41) is 2.16. The summed E-state index contributed by atoms with van der Waals surface area (Å²) in [6, 6.07) is 28.8. The van der Waals surface area contributed by atoms with Crippen LogP contribution in [0.1, 0.15) is 0 Å². The first-order valence-electron chi connectivity index (χ1n) is 7.93. The highest BCUT2D eigenvalue weighted by molar-refractivity contribution is 9.10. The molecule has 5 heteroatoms. The molecule has 0 bridgehead atoms. The maximum Gasteiger partial charge on any atom is 0.195 e. The predicted octanol–water partition coefficient (Wildman–Crippen LogP) is 3.20. The fourth-order valence-electron chi connectivity index (χ4n) is 2.65. The molecule has 2 nitrogen and oxygen atoms in total. The molecule has 1 aromatic heterocycles. The van der Waals surface area contributed by atoms with Gasteiger partial charge in [-0.2, -0.15) is 0 Å². The molecule has 0 aliphatic carbocycles. The summed E-state index contributed by atoms with van der Waals surface area (Å²) in [6.45, 7) is 0. The zero-order chi connectivity index (χ0) is 17.1. The zero-order valence-corrected chi connectivity index (χ0v) is 17.7. The minimum atomic E-state index is 0. The number of para-hydroxylation sites is 2. The van der Waals surface area contributed by atoms with Gasteiger partial charge in [-0.05, 0) is 42.0 Å². The fourth-order valence-corrected chi connectivity index (χ4v) is 3.84. The molecule has 130 valence electrons. The standard InChI is InChI=1S/C21H15BrN2S.BrH/c22-17-13-11-16(12-14-17)20-15-25-21(23-18-7-3-1-4-8-18)24(20)19-9-5-2-6-10-19;/h1-15H;1H/p-1. The summed E-state index contributed by atoms with van der Waals surface area (Å²) in [5.41, 5.74) is 4.36. The van der Waals surface area contributed by atoms with Crippen molar-refractivity contribution in [2.45, 2.75) is 0 Å². The third kappa shape index (κ3) is 4.06. The largest absolute Gasteiger partial charge is 1.00 e. The summed E-state index contributed by atoms with van der Waals surface area (Å²) in [6.07, 6.45) is 0. The number of halogens is 2. The molecule has 3 aromatic carbocycles. The third-order valence-electron chi connectivity index (χ3n) is 3.84. The molecule has 0 unspecified atom stereocenters. The Hall–Kier alpha value is -1.95. The second-order valence-electron chi connectivity index (χ2n) is 5.53. The summed E-state index contributed by atoms with van der Waals surface area (Å²) in [7, 11) is 0. The van der Waals surface area contributed by atoms with Crippen LogP contribution >= 0.6 is 27.3 Å². The Balaban J connectivity index is 0.00000196. The number of aromatic nitrogens is 1. The van der Waals surface area contributed by atoms with Gasteiger partial charge in [-0.25, -0.2) is 4.99 Å². The fraction of sp³-hybridized carbons (Fsp3) is 0. The molecule has 4 aromatic rings. The lowest BCUT2D eigenvalue weighted by atomic mass is 10.1. The first kappa shape index (κ1) is 18.8. The van der Waals surface area contributed by atoms with Crippen LogP contribution in [0.15, 0.2) is 99.8 Å². The minimum Gasteiger partial charge on any atom is -1.00 e. The van der Waals surface area contributed by atoms with Crippen molar-refractivity contribution in [2.75, 3.05) is 0 Å². The number of thiazole rings is 1. The Morgan fingerprint density at radius 1 is 0.769 bits per heavy atom. The van der Waals surface area contributed by atoms with Crippen LogP contribution in [0.4, 0.5) is 5.69 Å². The molecule has 26 heavy (non-hydrogen) atoms. The lowest BCUT2D eigenvalue weighted by Gasteiger charge is -2.09. The Labute approximate surface area is 175 Å². The van der Waals surface area contributed by atoms with Gasteiger partial charge >= 0.3 is 0 Å². The van der Waals surface area contributed by atoms with E-state index in [-0.39, 0.29) is 17.0 Å². The average molecular weight is 487 g/mol. The van der Waals surface area contributed by atoms with E-state index in [1.807, 2.05) is 36.4 Å². The van der Waals surface area contributed by atoms with E-state index >= 15 is 0 Å². The second kappa shape index (κ2) is 8.62. The number of hydrogen-bond donors (Lipinski definition) is 0. The smallest absolute Gasteiger partial charge is 0.195 e. The first-order valence-corrected chi connectivity index (χ1v) is 9.60. The highest BCUT2D eigenvalue weighted by atomic mass is 79.9. The van der Waals surface area contributed by atoms with Gasteiger partial charge in [-0.15, -0.1) is 11.3 Å². The van der Waals surface area contributed by atoms with Crippen LogP contribution in [-0.4, -0.2) is 4.57 Å². The summed E-state index contributed by atoms with van der Waals surface area (Å²) < 4.78 is 3.29. The van der Waals surface area contributed by atoms with Gasteiger partial charge in [0.25, 0.3) is 0 Å². The normalized spacial score (nSPS) is 11.2. The quantitative estimate of drug-likeness (QED) is 0.423. The van der Waals surface area contributed by atoms with Gasteiger partial charge in [0, 0.05) is 15.5 Å². The molecule has 0 radical (unpaired) electrons. The molecule has 1 heterocycles. The zero-order valence-electron chi connectivity index (χ0n) is 13.7. The van der Waals surface area contributed by atoms with Crippen molar-refractivity contribution < 1.29 is 17.0 Å². The highest BCUT2D eigenvalue weighted by Crippen LogP contribution is 2.25. The molecule has 0 atom stereocenters. The Bertz CT molecular complexity index is 1040. The second-order valence-corrected chi connectivity index (χ2v) is 7.28. The van der Waals surface area contributed by atoms with Gasteiger partial charge < -0.3 is 17.0 Å². The van der Waals surface area contributed by atoms with Crippen LogP contribution in [0.2, 0.25) is 0 Å². The summed E-state index contributed by atoms with van der Waals surface area (Å²) >= 11 is 5.16. The van der Waals surface area contributed by atoms with Crippen LogP contribution < -0.4 is 21.8 Å². The van der Waals surface area contributed by atoms with Crippen molar-refractivity contribution >= 4 is 33.0 Å². The van der Waals surface area contributed by atoms with Gasteiger partial charge in [-0.1, -0.05) is 64.5 Å². The lowest BCUT2D eigenvalue weighted by molar-refractivity contribution is -0.00000474. The molecule has 4 rings (SSSR count). The van der Waals surface area contributed by atoms with Gasteiger partial charge in [0.15, 0.2) is 4.80 Å². The van der Waals surface area contributed by atoms with Crippen molar-refractivity contribution in [1.29, 1.82) is 0 Å². The Morgan fingerprint density at radius 2 is 1.38 bits per heavy atom. The number of nitrogens with zero attached hydrogens (tertiary/aromatic N) is 2. The van der Waals surface area contributed by atoms with E-state index in [0.29, 0.717) is 0 Å². The predicted molar refractivity (Wildman–Crippen MR) is 108 cm³/mol. The number of hydrogen-bond acceptors (Lipinski definition) is 2. The van der Waals surface area contributed by atoms with Crippen molar-refractivity contribution in [3.05, 3.63) is 99.6 Å². The number of rotatable bonds is 3. The van der Waals surface area contributed by atoms with Gasteiger partial charge in [0.2, 0.25) is 0 Å². The van der Waals surface area contributed by atoms with Crippen LogP contribution in [0.3, 0.4) is 0 Å². The van der Waals surface area contributed by atoms with Crippen LogP contribution in [0.25, 0.3) is 16.9 Å². The van der Waals surface area contributed by atoms with Crippen LogP contribution in [0.5, 0.6) is 0 Å². The molecule has 0 spiro atoms. The topological polar surface area (TPSA) is 17.3 Å². The molecular weight excluding hydrogens is 472 g/mol. The van der Waals surface area contributed by atoms with Gasteiger partial charge in [0.05, 0.1) is 11.4 Å². The van der Waals surface area contributed by atoms with Crippen molar-refractivity contribution in [2.24, 2.45) is 4.99 Å². The van der Waals surface area contributed by atoms with Crippen molar-refractivity contribution in [3.8, 4) is 16.9 Å². The SMILES string of the molecule is Brc1ccc(-c2csc(=Nc3ccccc3)n2-c2ccccc2)cc1.[Br-]. The summed E-state index contributed by atoms with van der Waals surface area (Å²) in [5.74, 6) is 0. The van der Waals surface area contributed by atoms with E-state index < -0.39 is 0 Å². The van der Waals surface area contributed by atoms with E-state index in [0.717, 1.165) is 31.9 Å². The molecule has 0 amide bonds. The van der Waals surface area contributed by atoms with Crippen LogP contribution in [0, 0.1) is 0 Å². The molecule has 0 aliphatic rings. The van der Waals surface area contributed by atoms with E-state index in [1.54, 1.807) is 11.3 Å². The lowest BCUT2D eigenvalue weighted by Crippen LogP contribution is -3.00. The van der Waals surface area contributed by atoms with E-state index in [9.17, 15) is 0 Å². The van der Waals surface area contributed by atoms with Gasteiger partial charge in [0.1, 0.15) is 0 Å². The summed E-state index contributed by atoms with van der Waals surface area (Å²) in [4.78, 5) is 5.81. The molecular formula is C21H15Br2N2S-. The maximum absolute atomic E-state index is 4.85. The Kier molecular flexibility index (Phi) is 6.25. The van der Waals surface area contributed by atoms with Gasteiger partial charge in [-0.3, -0.25) is 4.57 Å². The molecule has 0 fully saturated rings. The monoisotopic (exact) mass is 485 g/mol. The Morgan fingerprint density at radius 3 is 2.04 bits per heavy atom. The maximum atomic E-state index is 4.85. The van der Waals surface area contributed by atoms with Crippen molar-refractivity contribution in [3.63, 3.8) is 0 Å². The van der Waals surface area contributed by atoms with E-state index in [1.165, 1.54) is 0 Å². The number of benzene rings is 3. The molecule has 0 aliphatic heterocycles. The molecule has 0 N–H and O–H groups in total. The third-order valence-corrected chi connectivity index (χ3v) is 5.20. The molecule has 0 saturated carbocycles. The highest BCUT2D eigenvalue weighted by Gasteiger charge is 2.10. The van der Waals surface area contributed by atoms with Crippen molar-refractivity contribution in [1.82, 2.24) is 4.57 Å². The van der Waals surface area contributed by atoms with Crippen LogP contribution in [-0.2, 0) is 0 Å². The van der Waals surface area contributed by atoms with E-state index in [2.05, 4.69) is 74.4 Å².